The molecule has 4 aromatic rings. The first-order valence-electron chi connectivity index (χ1n) is 11.7. The number of hydrogen-bond acceptors (Lipinski definition) is 6. The van der Waals surface area contributed by atoms with E-state index in [0.717, 1.165) is 22.3 Å². The van der Waals surface area contributed by atoms with Crippen LogP contribution in [-0.2, 0) is 0 Å². The lowest BCUT2D eigenvalue weighted by atomic mass is 10.0. The van der Waals surface area contributed by atoms with Crippen molar-refractivity contribution in [2.45, 2.75) is 39.8 Å². The summed E-state index contributed by atoms with van der Waals surface area (Å²) >= 11 is 0. The van der Waals surface area contributed by atoms with E-state index in [9.17, 15) is 9.59 Å². The Kier molecular flexibility index (Phi) is 5.72. The van der Waals surface area contributed by atoms with Crippen molar-refractivity contribution in [2.75, 3.05) is 17.3 Å². The molecule has 0 bridgehead atoms. The van der Waals surface area contributed by atoms with Crippen molar-refractivity contribution in [1.82, 2.24) is 19.4 Å². The third-order valence-electron chi connectivity index (χ3n) is 6.46. The van der Waals surface area contributed by atoms with Crippen molar-refractivity contribution in [2.24, 2.45) is 0 Å². The van der Waals surface area contributed by atoms with Crippen molar-refractivity contribution in [3.8, 4) is 5.69 Å². The van der Waals surface area contributed by atoms with Crippen LogP contribution in [0, 0.1) is 6.92 Å². The molecule has 0 aliphatic carbocycles. The normalized spacial score (nSPS) is 14.1. The maximum Gasteiger partial charge on any atom is 0.263 e. The third-order valence-corrected chi connectivity index (χ3v) is 6.46. The van der Waals surface area contributed by atoms with Crippen molar-refractivity contribution >= 4 is 28.3 Å². The number of nitrogens with one attached hydrogen (secondary N) is 2. The van der Waals surface area contributed by atoms with Crippen LogP contribution in [0.25, 0.3) is 16.5 Å². The number of fused-ring (bicyclic) bond motifs is 2. The molecule has 0 saturated heterocycles. The summed E-state index contributed by atoms with van der Waals surface area (Å²) in [5, 5.41) is 8.18. The fraction of sp³-hybridized carbons (Fsp3) is 0.259. The van der Waals surface area contributed by atoms with Crippen LogP contribution in [0.4, 0.5) is 11.6 Å². The van der Waals surface area contributed by atoms with Gasteiger partial charge in [-0.1, -0.05) is 36.4 Å². The Balaban J connectivity index is 1.64. The highest BCUT2D eigenvalue weighted by Crippen LogP contribution is 2.30. The summed E-state index contributed by atoms with van der Waals surface area (Å²) in [6.07, 6.45) is 1.44. The Hall–Kier alpha value is -4.20. The third kappa shape index (κ3) is 3.90. The highest BCUT2D eigenvalue weighted by Gasteiger charge is 2.31. The molecule has 2 N–H and O–H groups in total. The zero-order chi connectivity index (χ0) is 24.7. The minimum atomic E-state index is -0.339. The molecule has 178 valence electrons. The van der Waals surface area contributed by atoms with Crippen LogP contribution in [0.2, 0.25) is 0 Å². The molecule has 1 amide bonds. The Morgan fingerprint density at radius 1 is 1.00 bits per heavy atom. The summed E-state index contributed by atoms with van der Waals surface area (Å²) in [5.41, 5.74) is 2.80. The molecule has 3 heterocycles. The van der Waals surface area contributed by atoms with Gasteiger partial charge in [-0.3, -0.25) is 14.2 Å². The van der Waals surface area contributed by atoms with Crippen LogP contribution in [0.1, 0.15) is 48.4 Å². The summed E-state index contributed by atoms with van der Waals surface area (Å²) in [6.45, 7) is 8.25. The summed E-state index contributed by atoms with van der Waals surface area (Å²) in [6, 6.07) is 17.2. The number of carbonyl (C=O) groups is 1. The highest BCUT2D eigenvalue weighted by molar-refractivity contribution is 6.04. The standard InChI is InChI=1S/C27H28N6O2/c1-16(2)32-15-30-24-23(26(32)34)25(29-14-28-24)31-18(4)21-13-19-10-8-9-17(3)22(19)27(35)33(21)20-11-6-5-7-12-20/h5-14,16,18H,15H2,1-4H3,(H2,28,29,30,31). The van der Waals surface area contributed by atoms with E-state index in [1.165, 1.54) is 6.33 Å². The number of aryl methyl sites for hydroxylation is 1. The predicted molar refractivity (Wildman–Crippen MR) is 138 cm³/mol. The second-order valence-corrected chi connectivity index (χ2v) is 9.10. The molecule has 2 aromatic heterocycles. The van der Waals surface area contributed by atoms with Crippen LogP contribution in [0.5, 0.6) is 0 Å². The fourth-order valence-electron chi connectivity index (χ4n) is 4.62. The lowest BCUT2D eigenvalue weighted by molar-refractivity contribution is 0.0710. The molecule has 0 spiro atoms. The first kappa shape index (κ1) is 22.6. The SMILES string of the molecule is Cc1cccc2cc(C(C)Nc3ncnc4c3C(=O)N(C(C)C)CN4)n(-c3ccccc3)c(=O)c12. The zero-order valence-corrected chi connectivity index (χ0v) is 20.2. The molecular formula is C27H28N6O2. The molecule has 1 atom stereocenters. The van der Waals surface area contributed by atoms with E-state index in [-0.39, 0.29) is 23.6 Å². The van der Waals surface area contributed by atoms with Gasteiger partial charge in [0.15, 0.2) is 0 Å². The largest absolute Gasteiger partial charge is 0.361 e. The van der Waals surface area contributed by atoms with E-state index in [1.54, 1.807) is 9.47 Å². The molecule has 8 heteroatoms. The van der Waals surface area contributed by atoms with Crippen LogP contribution < -0.4 is 16.2 Å². The molecule has 0 fully saturated rings. The number of rotatable bonds is 5. The molecule has 1 aliphatic rings. The van der Waals surface area contributed by atoms with E-state index in [2.05, 4.69) is 20.6 Å². The average Bonchev–Trinajstić information content (AvgIpc) is 2.84. The van der Waals surface area contributed by atoms with E-state index < -0.39 is 0 Å². The molecule has 0 radical (unpaired) electrons. The molecule has 8 nitrogen and oxygen atoms in total. The number of nitrogens with zero attached hydrogens (tertiary/aromatic N) is 4. The number of aromatic nitrogens is 3. The molecule has 1 unspecified atom stereocenters. The van der Waals surface area contributed by atoms with Gasteiger partial charge in [0.05, 0.1) is 18.1 Å². The maximum atomic E-state index is 13.8. The minimum Gasteiger partial charge on any atom is -0.361 e. The van der Waals surface area contributed by atoms with Gasteiger partial charge in [-0.2, -0.15) is 0 Å². The number of pyridine rings is 1. The Bertz CT molecular complexity index is 1480. The topological polar surface area (TPSA) is 92.2 Å². The van der Waals surface area contributed by atoms with Gasteiger partial charge in [-0.15, -0.1) is 0 Å². The summed E-state index contributed by atoms with van der Waals surface area (Å²) in [4.78, 5) is 37.4. The number of anilines is 2. The molecule has 2 aromatic carbocycles. The molecular weight excluding hydrogens is 440 g/mol. The first-order chi connectivity index (χ1) is 16.9. The van der Waals surface area contributed by atoms with Crippen molar-refractivity contribution in [3.63, 3.8) is 0 Å². The monoisotopic (exact) mass is 468 g/mol. The number of amides is 1. The number of carbonyl (C=O) groups excluding carboxylic acids is 1. The number of hydrogen-bond donors (Lipinski definition) is 2. The van der Waals surface area contributed by atoms with Crippen LogP contribution in [-0.4, -0.2) is 38.1 Å². The molecule has 1 aliphatic heterocycles. The second kappa shape index (κ2) is 8.87. The lowest BCUT2D eigenvalue weighted by Gasteiger charge is -2.33. The van der Waals surface area contributed by atoms with Gasteiger partial charge in [-0.05, 0) is 56.8 Å². The van der Waals surface area contributed by atoms with Crippen LogP contribution in [0.3, 0.4) is 0 Å². The van der Waals surface area contributed by atoms with Gasteiger partial charge >= 0.3 is 0 Å². The molecule has 35 heavy (non-hydrogen) atoms. The van der Waals surface area contributed by atoms with Crippen molar-refractivity contribution in [3.05, 3.63) is 88.1 Å². The molecule has 0 saturated carbocycles. The Morgan fingerprint density at radius 2 is 1.77 bits per heavy atom. The summed E-state index contributed by atoms with van der Waals surface area (Å²) < 4.78 is 1.74. The van der Waals surface area contributed by atoms with Gasteiger partial charge in [0.25, 0.3) is 11.5 Å². The van der Waals surface area contributed by atoms with Crippen molar-refractivity contribution < 1.29 is 4.79 Å². The van der Waals surface area contributed by atoms with E-state index in [0.29, 0.717) is 29.3 Å². The lowest BCUT2D eigenvalue weighted by Crippen LogP contribution is -2.45. The highest BCUT2D eigenvalue weighted by atomic mass is 16.2. The van der Waals surface area contributed by atoms with Gasteiger partial charge in [0, 0.05) is 17.4 Å². The molecule has 5 rings (SSSR count). The van der Waals surface area contributed by atoms with Crippen LogP contribution >= 0.6 is 0 Å². The quantitative estimate of drug-likeness (QED) is 0.448. The van der Waals surface area contributed by atoms with Crippen LogP contribution in [0.15, 0.2) is 65.7 Å². The maximum absolute atomic E-state index is 13.8. The summed E-state index contributed by atoms with van der Waals surface area (Å²) in [7, 11) is 0. The minimum absolute atomic E-state index is 0.0283. The zero-order valence-electron chi connectivity index (χ0n) is 20.2. The summed E-state index contributed by atoms with van der Waals surface area (Å²) in [5.74, 6) is 0.812. The first-order valence-corrected chi connectivity index (χ1v) is 11.7. The van der Waals surface area contributed by atoms with Crippen molar-refractivity contribution in [1.29, 1.82) is 0 Å². The van der Waals surface area contributed by atoms with Gasteiger partial charge < -0.3 is 15.5 Å². The predicted octanol–water partition coefficient (Wildman–Crippen LogP) is 4.50. The number of benzene rings is 2. The number of para-hydroxylation sites is 1. The van der Waals surface area contributed by atoms with Gasteiger partial charge in [0.2, 0.25) is 0 Å². The Labute approximate surface area is 203 Å². The second-order valence-electron chi connectivity index (χ2n) is 9.10. The Morgan fingerprint density at radius 3 is 2.51 bits per heavy atom. The average molecular weight is 469 g/mol. The van der Waals surface area contributed by atoms with Gasteiger partial charge in [-0.25, -0.2) is 9.97 Å². The van der Waals surface area contributed by atoms with E-state index >= 15 is 0 Å². The fourth-order valence-corrected chi connectivity index (χ4v) is 4.62. The van der Waals surface area contributed by atoms with E-state index in [4.69, 9.17) is 0 Å². The smallest absolute Gasteiger partial charge is 0.263 e. The van der Waals surface area contributed by atoms with E-state index in [1.807, 2.05) is 82.3 Å². The van der Waals surface area contributed by atoms with Gasteiger partial charge in [0.1, 0.15) is 23.5 Å².